The lowest BCUT2D eigenvalue weighted by molar-refractivity contribution is 0.235. The number of hydrogen-bond donors (Lipinski definition) is 2. The molecule has 2 aliphatic rings. The average molecular weight is 248 g/mol. The van der Waals surface area contributed by atoms with Gasteiger partial charge in [0, 0.05) is 12.6 Å². The molecule has 2 N–H and O–H groups in total. The number of fused-ring (bicyclic) bond motifs is 1. The van der Waals surface area contributed by atoms with Crippen LogP contribution >= 0.6 is 0 Å². The van der Waals surface area contributed by atoms with Crippen molar-refractivity contribution in [2.24, 2.45) is 5.92 Å². The second-order valence-corrected chi connectivity index (χ2v) is 5.60. The molecule has 0 aliphatic carbocycles. The molecule has 0 radical (unpaired) electrons. The standard InChI is InChI=1S/C14H24N4/c1-2-4-12-9-14-16-8-6-13(18(14)17-12)11-5-3-7-15-10-11/h9,11,13,15-16H,2-8,10H2,1H3. The van der Waals surface area contributed by atoms with Crippen molar-refractivity contribution in [2.45, 2.75) is 45.1 Å². The number of nitrogens with one attached hydrogen (secondary N) is 2. The molecule has 0 aromatic carbocycles. The first kappa shape index (κ1) is 12.0. The molecule has 2 unspecified atom stereocenters. The van der Waals surface area contributed by atoms with Gasteiger partial charge in [0.05, 0.1) is 11.7 Å². The molecule has 0 amide bonds. The van der Waals surface area contributed by atoms with E-state index in [0.717, 1.165) is 25.4 Å². The van der Waals surface area contributed by atoms with Gasteiger partial charge in [0.15, 0.2) is 0 Å². The zero-order valence-electron chi connectivity index (χ0n) is 11.3. The van der Waals surface area contributed by atoms with Crippen molar-refractivity contribution in [2.75, 3.05) is 25.0 Å². The zero-order valence-corrected chi connectivity index (χ0v) is 11.3. The summed E-state index contributed by atoms with van der Waals surface area (Å²) in [7, 11) is 0. The van der Waals surface area contributed by atoms with E-state index in [1.165, 1.54) is 43.7 Å². The molecule has 4 nitrogen and oxygen atoms in total. The van der Waals surface area contributed by atoms with Crippen molar-refractivity contribution in [3.05, 3.63) is 11.8 Å². The summed E-state index contributed by atoms with van der Waals surface area (Å²) in [5.74, 6) is 1.99. The van der Waals surface area contributed by atoms with Gasteiger partial charge in [-0.15, -0.1) is 0 Å². The molecule has 0 bridgehead atoms. The van der Waals surface area contributed by atoms with Crippen LogP contribution in [0.5, 0.6) is 0 Å². The third-order valence-corrected chi connectivity index (χ3v) is 4.23. The largest absolute Gasteiger partial charge is 0.370 e. The van der Waals surface area contributed by atoms with E-state index in [-0.39, 0.29) is 0 Å². The Kier molecular flexibility index (Phi) is 3.55. The van der Waals surface area contributed by atoms with Gasteiger partial charge >= 0.3 is 0 Å². The second-order valence-electron chi connectivity index (χ2n) is 5.60. The SMILES string of the molecule is CCCc1cc2n(n1)C(C1CCCNC1)CCN2. The van der Waals surface area contributed by atoms with E-state index in [4.69, 9.17) is 5.10 Å². The number of piperidine rings is 1. The number of hydrogen-bond acceptors (Lipinski definition) is 3. The fourth-order valence-corrected chi connectivity index (χ4v) is 3.32. The Labute approximate surface area is 109 Å². The fraction of sp³-hybridized carbons (Fsp3) is 0.786. The quantitative estimate of drug-likeness (QED) is 0.861. The molecule has 1 fully saturated rings. The molecule has 3 heterocycles. The first-order valence-electron chi connectivity index (χ1n) is 7.41. The topological polar surface area (TPSA) is 41.9 Å². The van der Waals surface area contributed by atoms with Crippen molar-refractivity contribution < 1.29 is 0 Å². The van der Waals surface area contributed by atoms with Gasteiger partial charge < -0.3 is 10.6 Å². The summed E-state index contributed by atoms with van der Waals surface area (Å²) in [6.07, 6.45) is 6.14. The van der Waals surface area contributed by atoms with Crippen molar-refractivity contribution in [3.8, 4) is 0 Å². The van der Waals surface area contributed by atoms with Crippen LogP contribution in [-0.4, -0.2) is 29.4 Å². The molecule has 1 saturated heterocycles. The van der Waals surface area contributed by atoms with Crippen molar-refractivity contribution >= 4 is 5.82 Å². The van der Waals surface area contributed by atoms with E-state index in [9.17, 15) is 0 Å². The number of anilines is 1. The third kappa shape index (κ3) is 2.26. The highest BCUT2D eigenvalue weighted by molar-refractivity contribution is 5.39. The summed E-state index contributed by atoms with van der Waals surface area (Å²) in [4.78, 5) is 0. The average Bonchev–Trinajstić information content (AvgIpc) is 2.82. The van der Waals surface area contributed by atoms with Crippen molar-refractivity contribution in [1.29, 1.82) is 0 Å². The van der Waals surface area contributed by atoms with E-state index in [1.54, 1.807) is 0 Å². The van der Waals surface area contributed by atoms with Crippen LogP contribution in [0, 0.1) is 5.92 Å². The summed E-state index contributed by atoms with van der Waals surface area (Å²) in [6.45, 7) is 5.66. The number of aromatic nitrogens is 2. The molecule has 2 atom stereocenters. The molecular formula is C14H24N4. The van der Waals surface area contributed by atoms with E-state index in [1.807, 2.05) is 0 Å². The molecule has 3 rings (SSSR count). The molecule has 0 spiro atoms. The molecule has 1 aromatic heterocycles. The summed E-state index contributed by atoms with van der Waals surface area (Å²) < 4.78 is 2.27. The minimum absolute atomic E-state index is 0.597. The molecule has 1 aromatic rings. The van der Waals surface area contributed by atoms with Crippen LogP contribution in [0.2, 0.25) is 0 Å². The minimum Gasteiger partial charge on any atom is -0.370 e. The predicted molar refractivity (Wildman–Crippen MR) is 74.0 cm³/mol. The van der Waals surface area contributed by atoms with Crippen LogP contribution in [0.25, 0.3) is 0 Å². The summed E-state index contributed by atoms with van der Waals surface area (Å²) in [5.41, 5.74) is 1.25. The lowest BCUT2D eigenvalue weighted by atomic mass is 9.89. The molecular weight excluding hydrogens is 224 g/mol. The Balaban J connectivity index is 1.81. The fourth-order valence-electron chi connectivity index (χ4n) is 3.32. The third-order valence-electron chi connectivity index (χ3n) is 4.23. The van der Waals surface area contributed by atoms with E-state index in [0.29, 0.717) is 6.04 Å². The van der Waals surface area contributed by atoms with Crippen LogP contribution in [-0.2, 0) is 6.42 Å². The zero-order chi connectivity index (χ0) is 12.4. The van der Waals surface area contributed by atoms with Gasteiger partial charge in [-0.25, -0.2) is 4.68 Å². The maximum Gasteiger partial charge on any atom is 0.124 e. The highest BCUT2D eigenvalue weighted by atomic mass is 15.4. The Hall–Kier alpha value is -1.03. The van der Waals surface area contributed by atoms with Crippen molar-refractivity contribution in [1.82, 2.24) is 15.1 Å². The first-order valence-corrected chi connectivity index (χ1v) is 7.41. The Morgan fingerprint density at radius 2 is 2.33 bits per heavy atom. The first-order chi connectivity index (χ1) is 8.88. The van der Waals surface area contributed by atoms with Gasteiger partial charge in [-0.2, -0.15) is 5.10 Å². The molecule has 18 heavy (non-hydrogen) atoms. The number of rotatable bonds is 3. The van der Waals surface area contributed by atoms with Crippen LogP contribution in [0.4, 0.5) is 5.82 Å². The maximum absolute atomic E-state index is 4.82. The van der Waals surface area contributed by atoms with Crippen LogP contribution in [0.1, 0.15) is 44.3 Å². The molecule has 100 valence electrons. The molecule has 4 heteroatoms. The lowest BCUT2D eigenvalue weighted by Gasteiger charge is -2.34. The van der Waals surface area contributed by atoms with Gasteiger partial charge in [0.2, 0.25) is 0 Å². The minimum atomic E-state index is 0.597. The van der Waals surface area contributed by atoms with Crippen LogP contribution in [0.15, 0.2) is 6.07 Å². The summed E-state index contributed by atoms with van der Waals surface area (Å²) in [5, 5.41) is 11.8. The Bertz CT molecular complexity index is 392. The molecule has 0 saturated carbocycles. The normalized spacial score (nSPS) is 27.6. The lowest BCUT2D eigenvalue weighted by Crippen LogP contribution is -2.38. The van der Waals surface area contributed by atoms with Crippen molar-refractivity contribution in [3.63, 3.8) is 0 Å². The molecule has 2 aliphatic heterocycles. The predicted octanol–water partition coefficient (Wildman–Crippen LogP) is 2.19. The number of aryl methyl sites for hydroxylation is 1. The Morgan fingerprint density at radius 1 is 1.39 bits per heavy atom. The van der Waals surface area contributed by atoms with E-state index in [2.05, 4.69) is 28.3 Å². The van der Waals surface area contributed by atoms with Gasteiger partial charge in [-0.3, -0.25) is 0 Å². The van der Waals surface area contributed by atoms with Gasteiger partial charge in [-0.05, 0) is 44.7 Å². The maximum atomic E-state index is 4.82. The van der Waals surface area contributed by atoms with Gasteiger partial charge in [-0.1, -0.05) is 13.3 Å². The monoisotopic (exact) mass is 248 g/mol. The van der Waals surface area contributed by atoms with Gasteiger partial charge in [0.1, 0.15) is 5.82 Å². The van der Waals surface area contributed by atoms with Crippen LogP contribution in [0.3, 0.4) is 0 Å². The highest BCUT2D eigenvalue weighted by Crippen LogP contribution is 2.33. The Morgan fingerprint density at radius 3 is 3.11 bits per heavy atom. The highest BCUT2D eigenvalue weighted by Gasteiger charge is 2.29. The summed E-state index contributed by atoms with van der Waals surface area (Å²) in [6, 6.07) is 2.84. The van der Waals surface area contributed by atoms with Gasteiger partial charge in [0.25, 0.3) is 0 Å². The summed E-state index contributed by atoms with van der Waals surface area (Å²) >= 11 is 0. The van der Waals surface area contributed by atoms with Crippen LogP contribution < -0.4 is 10.6 Å². The second kappa shape index (κ2) is 5.31. The smallest absolute Gasteiger partial charge is 0.124 e. The number of nitrogens with zero attached hydrogens (tertiary/aromatic N) is 2. The van der Waals surface area contributed by atoms with E-state index >= 15 is 0 Å². The van der Waals surface area contributed by atoms with E-state index < -0.39 is 0 Å².